The molecule has 2 saturated heterocycles. The minimum Gasteiger partial charge on any atom is -0.353 e. The summed E-state index contributed by atoms with van der Waals surface area (Å²) in [4.78, 5) is 4.82. The van der Waals surface area contributed by atoms with Gasteiger partial charge in [-0.25, -0.2) is 0 Å². The predicted octanol–water partition coefficient (Wildman–Crippen LogP) is 0.757. The summed E-state index contributed by atoms with van der Waals surface area (Å²) in [6.07, 6.45) is 3.46. The van der Waals surface area contributed by atoms with Crippen LogP contribution in [-0.4, -0.2) is 55.4 Å². The van der Waals surface area contributed by atoms with Gasteiger partial charge in [-0.2, -0.15) is 0 Å². The Morgan fingerprint density at radius 1 is 1.31 bits per heavy atom. The van der Waals surface area contributed by atoms with E-state index in [0.717, 1.165) is 6.04 Å². The Kier molecular flexibility index (Phi) is 2.58. The third kappa shape index (κ3) is 2.03. The van der Waals surface area contributed by atoms with Crippen molar-refractivity contribution < 1.29 is 4.74 Å². The van der Waals surface area contributed by atoms with Gasteiger partial charge < -0.3 is 9.64 Å². The lowest BCUT2D eigenvalue weighted by atomic mass is 10.0. The van der Waals surface area contributed by atoms with E-state index < -0.39 is 0 Å². The third-order valence-electron chi connectivity index (χ3n) is 3.34. The summed E-state index contributed by atoms with van der Waals surface area (Å²) in [5, 5.41) is 0. The topological polar surface area (TPSA) is 19.0 Å². The highest BCUT2D eigenvalue weighted by Gasteiger charge is 2.41. The first kappa shape index (κ1) is 9.44. The summed E-state index contributed by atoms with van der Waals surface area (Å²) >= 11 is 0. The number of hydrogen-bond donors (Lipinski definition) is 0. The molecule has 0 aromatic carbocycles. The molecule has 0 N–H and O–H groups in total. The van der Waals surface area contributed by atoms with Crippen LogP contribution < -0.4 is 0 Å². The van der Waals surface area contributed by atoms with Gasteiger partial charge in [0.25, 0.3) is 0 Å². The highest BCUT2D eigenvalue weighted by Crippen LogP contribution is 2.28. The molecule has 2 unspecified atom stereocenters. The molecule has 0 spiro atoms. The van der Waals surface area contributed by atoms with Crippen LogP contribution in [-0.2, 0) is 4.74 Å². The Hall–Kier alpha value is -0.120. The molecule has 0 aromatic rings. The van der Waals surface area contributed by atoms with Crippen LogP contribution in [0.25, 0.3) is 0 Å². The minimum atomic E-state index is 0.411. The second-order valence-electron chi connectivity index (χ2n) is 4.43. The molecule has 0 amide bonds. The summed E-state index contributed by atoms with van der Waals surface area (Å²) in [5.41, 5.74) is 0. The molecule has 2 aliphatic heterocycles. The number of ether oxygens (including phenoxy) is 1. The van der Waals surface area contributed by atoms with Gasteiger partial charge in [-0.3, -0.25) is 4.90 Å². The van der Waals surface area contributed by atoms with Crippen LogP contribution in [0, 0.1) is 0 Å². The molecule has 13 heavy (non-hydrogen) atoms. The number of hydrogen-bond acceptors (Lipinski definition) is 3. The summed E-state index contributed by atoms with van der Waals surface area (Å²) in [5.74, 6) is 0. The highest BCUT2D eigenvalue weighted by atomic mass is 16.6. The van der Waals surface area contributed by atoms with Gasteiger partial charge in [0, 0.05) is 6.04 Å². The van der Waals surface area contributed by atoms with E-state index in [1.54, 1.807) is 0 Å². The summed E-state index contributed by atoms with van der Waals surface area (Å²) in [6, 6.07) is 0.742. The SMILES string of the molecule is CC1OC1N(C)C1CCN(C)CC1. The lowest BCUT2D eigenvalue weighted by Crippen LogP contribution is -2.43. The van der Waals surface area contributed by atoms with Crippen LogP contribution in [0.15, 0.2) is 0 Å². The van der Waals surface area contributed by atoms with Crippen molar-refractivity contribution in [2.24, 2.45) is 0 Å². The van der Waals surface area contributed by atoms with Gasteiger partial charge in [-0.15, -0.1) is 0 Å². The van der Waals surface area contributed by atoms with Crippen molar-refractivity contribution in [3.8, 4) is 0 Å². The zero-order valence-electron chi connectivity index (χ0n) is 8.86. The molecular weight excluding hydrogens is 164 g/mol. The molecule has 0 aliphatic carbocycles. The van der Waals surface area contributed by atoms with E-state index in [2.05, 4.69) is 30.8 Å². The second kappa shape index (κ2) is 3.56. The first-order valence-corrected chi connectivity index (χ1v) is 5.24. The zero-order valence-corrected chi connectivity index (χ0v) is 8.86. The predicted molar refractivity (Wildman–Crippen MR) is 52.6 cm³/mol. The average Bonchev–Trinajstić information content (AvgIpc) is 2.83. The summed E-state index contributed by atoms with van der Waals surface area (Å²) < 4.78 is 5.47. The van der Waals surface area contributed by atoms with Crippen molar-refractivity contribution >= 4 is 0 Å². The van der Waals surface area contributed by atoms with Crippen LogP contribution >= 0.6 is 0 Å². The van der Waals surface area contributed by atoms with E-state index in [1.165, 1.54) is 25.9 Å². The van der Waals surface area contributed by atoms with Crippen LogP contribution in [0.2, 0.25) is 0 Å². The Morgan fingerprint density at radius 3 is 2.31 bits per heavy atom. The Balaban J connectivity index is 1.80. The lowest BCUT2D eigenvalue weighted by molar-refractivity contribution is 0.101. The van der Waals surface area contributed by atoms with Gasteiger partial charge >= 0.3 is 0 Å². The van der Waals surface area contributed by atoms with Crippen molar-refractivity contribution in [1.29, 1.82) is 0 Å². The normalized spacial score (nSPS) is 36.9. The second-order valence-corrected chi connectivity index (χ2v) is 4.43. The molecule has 2 fully saturated rings. The number of nitrogens with zero attached hydrogens (tertiary/aromatic N) is 2. The molecule has 0 saturated carbocycles. The Labute approximate surface area is 80.6 Å². The largest absolute Gasteiger partial charge is 0.353 e. The Morgan fingerprint density at radius 2 is 1.85 bits per heavy atom. The van der Waals surface area contributed by atoms with E-state index in [1.807, 2.05) is 0 Å². The quantitative estimate of drug-likeness (QED) is 0.590. The molecule has 0 bridgehead atoms. The molecule has 2 rings (SSSR count). The van der Waals surface area contributed by atoms with Crippen LogP contribution in [0.5, 0.6) is 0 Å². The van der Waals surface area contributed by atoms with E-state index in [4.69, 9.17) is 4.74 Å². The number of likely N-dealkylation sites (N-methyl/N-ethyl adjacent to an activating group) is 1. The van der Waals surface area contributed by atoms with E-state index >= 15 is 0 Å². The van der Waals surface area contributed by atoms with Gasteiger partial charge in [0.05, 0.1) is 6.10 Å². The maximum Gasteiger partial charge on any atom is 0.137 e. The molecule has 3 heteroatoms. The van der Waals surface area contributed by atoms with Crippen LogP contribution in [0.4, 0.5) is 0 Å². The van der Waals surface area contributed by atoms with Gasteiger partial charge in [0.15, 0.2) is 0 Å². The molecular formula is C10H20N2O. The minimum absolute atomic E-state index is 0.411. The van der Waals surface area contributed by atoms with E-state index in [-0.39, 0.29) is 0 Å². The van der Waals surface area contributed by atoms with E-state index in [9.17, 15) is 0 Å². The summed E-state index contributed by atoms with van der Waals surface area (Å²) in [7, 11) is 4.40. The maximum absolute atomic E-state index is 5.47. The fourth-order valence-electron chi connectivity index (χ4n) is 2.21. The van der Waals surface area contributed by atoms with Crippen molar-refractivity contribution in [1.82, 2.24) is 9.80 Å². The molecule has 76 valence electrons. The molecule has 0 radical (unpaired) electrons. The number of epoxide rings is 1. The monoisotopic (exact) mass is 184 g/mol. The standard InChI is InChI=1S/C10H20N2O/c1-8-10(13-8)12(3)9-4-6-11(2)7-5-9/h8-10H,4-7H2,1-3H3. The number of likely N-dealkylation sites (tertiary alicyclic amines) is 1. The maximum atomic E-state index is 5.47. The number of rotatable bonds is 2. The number of piperidine rings is 1. The molecule has 0 aromatic heterocycles. The van der Waals surface area contributed by atoms with Gasteiger partial charge in [0.2, 0.25) is 0 Å². The Bertz CT molecular complexity index is 178. The van der Waals surface area contributed by atoms with Crippen LogP contribution in [0.3, 0.4) is 0 Å². The smallest absolute Gasteiger partial charge is 0.137 e. The fraction of sp³-hybridized carbons (Fsp3) is 1.00. The van der Waals surface area contributed by atoms with Gasteiger partial charge in [0.1, 0.15) is 6.23 Å². The first-order valence-electron chi connectivity index (χ1n) is 5.24. The summed E-state index contributed by atoms with van der Waals surface area (Å²) in [6.45, 7) is 4.61. The highest BCUT2D eigenvalue weighted by molar-refractivity contribution is 4.86. The zero-order chi connectivity index (χ0) is 9.42. The molecule has 2 atom stereocenters. The van der Waals surface area contributed by atoms with Crippen LogP contribution in [0.1, 0.15) is 19.8 Å². The molecule has 3 nitrogen and oxygen atoms in total. The average molecular weight is 184 g/mol. The van der Waals surface area contributed by atoms with Crippen molar-refractivity contribution in [2.75, 3.05) is 27.2 Å². The molecule has 2 aliphatic rings. The lowest BCUT2D eigenvalue weighted by Gasteiger charge is -2.34. The van der Waals surface area contributed by atoms with Gasteiger partial charge in [-0.05, 0) is 47.0 Å². The first-order chi connectivity index (χ1) is 6.18. The molecule has 2 heterocycles. The van der Waals surface area contributed by atoms with Crippen molar-refractivity contribution in [3.05, 3.63) is 0 Å². The fourth-order valence-corrected chi connectivity index (χ4v) is 2.21. The van der Waals surface area contributed by atoms with Crippen molar-refractivity contribution in [2.45, 2.75) is 38.1 Å². The van der Waals surface area contributed by atoms with Crippen molar-refractivity contribution in [3.63, 3.8) is 0 Å². The van der Waals surface area contributed by atoms with E-state index in [0.29, 0.717) is 12.3 Å². The third-order valence-corrected chi connectivity index (χ3v) is 3.34. The van der Waals surface area contributed by atoms with Gasteiger partial charge in [-0.1, -0.05) is 0 Å².